The first-order valence-electron chi connectivity index (χ1n) is 11.0. The fourth-order valence-electron chi connectivity index (χ4n) is 4.16. The molecular weight excluding hydrogens is 572 g/mol. The van der Waals surface area contributed by atoms with Crippen LogP contribution < -0.4 is 4.72 Å². The Morgan fingerprint density at radius 2 is 2.08 bits per heavy atom. The van der Waals surface area contributed by atoms with Crippen molar-refractivity contribution in [2.75, 3.05) is 6.61 Å². The second kappa shape index (κ2) is 10.5. The van der Waals surface area contributed by atoms with E-state index < -0.39 is 32.3 Å². The van der Waals surface area contributed by atoms with Crippen molar-refractivity contribution in [1.82, 2.24) is 14.3 Å². The molecule has 0 bridgehead atoms. The Hall–Kier alpha value is -1.85. The predicted molar refractivity (Wildman–Crippen MR) is 139 cm³/mol. The van der Waals surface area contributed by atoms with Gasteiger partial charge in [0.2, 0.25) is 3.79 Å². The van der Waals surface area contributed by atoms with E-state index in [1.807, 2.05) is 29.3 Å². The van der Waals surface area contributed by atoms with E-state index in [2.05, 4.69) is 4.98 Å². The molecule has 0 fully saturated rings. The van der Waals surface area contributed by atoms with Crippen LogP contribution in [0.1, 0.15) is 42.6 Å². The summed E-state index contributed by atoms with van der Waals surface area (Å²) in [5, 5.41) is 0. The summed E-state index contributed by atoms with van der Waals surface area (Å²) in [6, 6.07) is 6.22. The van der Waals surface area contributed by atoms with Crippen molar-refractivity contribution >= 4 is 62.3 Å². The lowest BCUT2D eigenvalue weighted by molar-refractivity contribution is 0.155. The molecule has 1 amide bonds. The van der Waals surface area contributed by atoms with Crippen molar-refractivity contribution in [3.05, 3.63) is 58.7 Å². The quantitative estimate of drug-likeness (QED) is 0.326. The van der Waals surface area contributed by atoms with Gasteiger partial charge in [0.25, 0.3) is 10.0 Å². The minimum Gasteiger partial charge on any atom is -0.444 e. The number of amides is 1. The number of ether oxygens (including phenoxy) is 1. The minimum atomic E-state index is -4.36. The Morgan fingerprint density at radius 1 is 1.33 bits per heavy atom. The molecule has 194 valence electrons. The van der Waals surface area contributed by atoms with Crippen LogP contribution in [0.3, 0.4) is 0 Å². The molecule has 1 aliphatic heterocycles. The molecular formula is C23H23Cl3FN3O4S2. The minimum absolute atomic E-state index is 0.131. The number of benzene rings is 1. The Bertz CT molecular complexity index is 1380. The maximum absolute atomic E-state index is 15.3. The number of thiophene rings is 1. The molecule has 0 unspecified atom stereocenters. The van der Waals surface area contributed by atoms with E-state index in [1.165, 1.54) is 6.07 Å². The molecule has 1 aromatic carbocycles. The molecule has 0 aliphatic carbocycles. The van der Waals surface area contributed by atoms with E-state index in [-0.39, 0.29) is 21.7 Å². The molecule has 0 saturated heterocycles. The number of nitrogens with zero attached hydrogens (tertiary/aromatic N) is 2. The highest BCUT2D eigenvalue weighted by atomic mass is 35.6. The van der Waals surface area contributed by atoms with Gasteiger partial charge in [0.05, 0.1) is 6.04 Å². The molecule has 3 aromatic rings. The third-order valence-corrected chi connectivity index (χ3v) is 8.91. The smallest absolute Gasteiger partial charge is 0.421 e. The number of halogens is 4. The van der Waals surface area contributed by atoms with Crippen LogP contribution in [-0.2, 0) is 27.6 Å². The standard InChI is InChI=1S/C23H23Cl3FN3O4S2/c1-13(2)9-15-11-17(21(35-15)36(32,33)29-22(31)34-12-23(24,25)26)14-3-4-16(18(27)10-14)19-5-6-20-28-7-8-30(19)20/h3-4,7-8,10-11,13,19H,5-6,9,12H2,1-2H3,(H,29,31)/t19-/m1/s1. The van der Waals surface area contributed by atoms with Crippen molar-refractivity contribution in [1.29, 1.82) is 0 Å². The molecule has 2 aromatic heterocycles. The van der Waals surface area contributed by atoms with Gasteiger partial charge in [0.1, 0.15) is 22.5 Å². The van der Waals surface area contributed by atoms with E-state index >= 15 is 4.39 Å². The zero-order valence-corrected chi connectivity index (χ0v) is 23.2. The first-order valence-corrected chi connectivity index (χ1v) is 14.5. The van der Waals surface area contributed by atoms with Gasteiger partial charge in [-0.3, -0.25) is 0 Å². The third-order valence-electron chi connectivity index (χ3n) is 5.58. The number of aryl methyl sites for hydroxylation is 1. The number of alkyl halides is 3. The first kappa shape index (κ1) is 27.2. The zero-order chi connectivity index (χ0) is 26.3. The number of aromatic nitrogens is 2. The molecule has 7 nitrogen and oxygen atoms in total. The predicted octanol–water partition coefficient (Wildman–Crippen LogP) is 6.27. The van der Waals surface area contributed by atoms with Crippen LogP contribution in [-0.4, -0.2) is 34.5 Å². The van der Waals surface area contributed by atoms with Gasteiger partial charge in [0, 0.05) is 34.8 Å². The number of sulfonamides is 1. The summed E-state index contributed by atoms with van der Waals surface area (Å²) in [6.07, 6.45) is 4.33. The number of hydrogen-bond donors (Lipinski definition) is 1. The van der Waals surface area contributed by atoms with Crippen LogP contribution in [0.25, 0.3) is 11.1 Å². The van der Waals surface area contributed by atoms with Gasteiger partial charge in [-0.1, -0.05) is 60.8 Å². The van der Waals surface area contributed by atoms with Gasteiger partial charge in [0.15, 0.2) is 0 Å². The van der Waals surface area contributed by atoms with E-state index in [9.17, 15) is 13.2 Å². The van der Waals surface area contributed by atoms with E-state index in [1.54, 1.807) is 24.4 Å². The second-order valence-electron chi connectivity index (χ2n) is 8.85. The highest BCUT2D eigenvalue weighted by Gasteiger charge is 2.30. The van der Waals surface area contributed by atoms with Gasteiger partial charge in [-0.15, -0.1) is 11.3 Å². The Balaban J connectivity index is 1.67. The normalized spacial score (nSPS) is 15.8. The fourth-order valence-corrected chi connectivity index (χ4v) is 7.16. The Kier molecular flexibility index (Phi) is 7.92. The highest BCUT2D eigenvalue weighted by molar-refractivity contribution is 7.92. The van der Waals surface area contributed by atoms with E-state index in [0.717, 1.165) is 34.9 Å². The molecule has 1 aliphatic rings. The average Bonchev–Trinajstić information content (AvgIpc) is 3.47. The summed E-state index contributed by atoms with van der Waals surface area (Å²) in [7, 11) is -4.36. The van der Waals surface area contributed by atoms with Gasteiger partial charge in [-0.05, 0) is 36.5 Å². The summed E-state index contributed by atoms with van der Waals surface area (Å²) in [5.74, 6) is 0.704. The van der Waals surface area contributed by atoms with Crippen molar-refractivity contribution in [2.45, 2.75) is 47.2 Å². The molecule has 13 heteroatoms. The lowest BCUT2D eigenvalue weighted by Crippen LogP contribution is -2.33. The van der Waals surface area contributed by atoms with Gasteiger partial charge in [-0.2, -0.15) is 0 Å². The number of hydrogen-bond acceptors (Lipinski definition) is 6. The lowest BCUT2D eigenvalue weighted by Gasteiger charge is -2.15. The number of rotatable bonds is 7. The SMILES string of the molecule is CC(C)Cc1cc(-c2ccc([C@H]3CCc4nccn43)c(F)c2)c(S(=O)(=O)NC(=O)OCC(Cl)(Cl)Cl)s1. The zero-order valence-electron chi connectivity index (χ0n) is 19.3. The number of carbonyl (C=O) groups excluding carboxylic acids is 1. The van der Waals surface area contributed by atoms with Crippen LogP contribution in [0.5, 0.6) is 0 Å². The van der Waals surface area contributed by atoms with Crippen molar-refractivity contribution < 1.29 is 22.3 Å². The number of fused-ring (bicyclic) bond motifs is 1. The molecule has 0 saturated carbocycles. The molecule has 3 heterocycles. The highest BCUT2D eigenvalue weighted by Crippen LogP contribution is 2.39. The molecule has 1 atom stereocenters. The van der Waals surface area contributed by atoms with E-state index in [0.29, 0.717) is 17.5 Å². The van der Waals surface area contributed by atoms with Crippen LogP contribution in [0.4, 0.5) is 9.18 Å². The largest absolute Gasteiger partial charge is 0.444 e. The van der Waals surface area contributed by atoms with Crippen LogP contribution in [0.2, 0.25) is 0 Å². The van der Waals surface area contributed by atoms with Gasteiger partial charge < -0.3 is 9.30 Å². The van der Waals surface area contributed by atoms with Crippen LogP contribution >= 0.6 is 46.1 Å². The Morgan fingerprint density at radius 3 is 2.75 bits per heavy atom. The summed E-state index contributed by atoms with van der Waals surface area (Å²) in [6.45, 7) is 3.36. The molecule has 0 radical (unpaired) electrons. The number of nitrogens with one attached hydrogen (secondary N) is 1. The maximum atomic E-state index is 15.3. The summed E-state index contributed by atoms with van der Waals surface area (Å²) in [5.41, 5.74) is 1.17. The molecule has 4 rings (SSSR count). The molecule has 36 heavy (non-hydrogen) atoms. The average molecular weight is 595 g/mol. The first-order chi connectivity index (χ1) is 16.8. The lowest BCUT2D eigenvalue weighted by atomic mass is 9.99. The van der Waals surface area contributed by atoms with Gasteiger partial charge >= 0.3 is 6.09 Å². The summed E-state index contributed by atoms with van der Waals surface area (Å²) < 4.78 is 48.1. The topological polar surface area (TPSA) is 90.3 Å². The van der Waals surface area contributed by atoms with Gasteiger partial charge in [-0.25, -0.2) is 27.3 Å². The fraction of sp³-hybridized carbons (Fsp3) is 0.391. The maximum Gasteiger partial charge on any atom is 0.421 e. The monoisotopic (exact) mass is 593 g/mol. The van der Waals surface area contributed by atoms with Crippen LogP contribution in [0, 0.1) is 11.7 Å². The molecule has 0 spiro atoms. The summed E-state index contributed by atoms with van der Waals surface area (Å²) in [4.78, 5) is 17.2. The van der Waals surface area contributed by atoms with Crippen LogP contribution in [0.15, 0.2) is 40.9 Å². The Labute approximate surface area is 227 Å². The van der Waals surface area contributed by atoms with E-state index in [4.69, 9.17) is 39.5 Å². The second-order valence-corrected chi connectivity index (χ2v) is 14.4. The van der Waals surface area contributed by atoms with Crippen molar-refractivity contribution in [2.24, 2.45) is 5.92 Å². The van der Waals surface area contributed by atoms with Crippen molar-refractivity contribution in [3.8, 4) is 11.1 Å². The third kappa shape index (κ3) is 6.16. The summed E-state index contributed by atoms with van der Waals surface area (Å²) >= 11 is 17.7. The van der Waals surface area contributed by atoms with Crippen molar-refractivity contribution in [3.63, 3.8) is 0 Å². The molecule has 1 N–H and O–H groups in total. The number of carbonyl (C=O) groups is 1. The number of imidazole rings is 1.